The molecule has 0 bridgehead atoms. The predicted octanol–water partition coefficient (Wildman–Crippen LogP) is 4.92. The Bertz CT molecular complexity index is 1140. The van der Waals surface area contributed by atoms with Gasteiger partial charge in [0.2, 0.25) is 5.91 Å². The summed E-state index contributed by atoms with van der Waals surface area (Å²) in [5.41, 5.74) is -0.261. The number of para-hydroxylation sites is 2. The summed E-state index contributed by atoms with van der Waals surface area (Å²) in [4.78, 5) is 20.1. The maximum atomic E-state index is 13.5. The SMILES string of the molecule is COc1ccccc1NC(=O)CSc1nc(-c2ccc(OC)c(OC)c2)cc(C(F)(F)F)n1. The first-order valence-electron chi connectivity index (χ1n) is 9.49. The van der Waals surface area contributed by atoms with Gasteiger partial charge < -0.3 is 19.5 Å². The van der Waals surface area contributed by atoms with Gasteiger partial charge >= 0.3 is 6.18 Å². The van der Waals surface area contributed by atoms with Crippen LogP contribution in [0.2, 0.25) is 0 Å². The van der Waals surface area contributed by atoms with Crippen molar-refractivity contribution in [1.29, 1.82) is 0 Å². The van der Waals surface area contributed by atoms with Gasteiger partial charge in [0.1, 0.15) is 11.4 Å². The van der Waals surface area contributed by atoms with Crippen molar-refractivity contribution in [3.63, 3.8) is 0 Å². The summed E-state index contributed by atoms with van der Waals surface area (Å²) in [6.45, 7) is 0. The summed E-state index contributed by atoms with van der Waals surface area (Å²) in [5.74, 6) is 0.576. The lowest BCUT2D eigenvalue weighted by atomic mass is 10.1. The van der Waals surface area contributed by atoms with Crippen LogP contribution in [0, 0.1) is 0 Å². The molecule has 1 amide bonds. The number of rotatable bonds is 8. The zero-order chi connectivity index (χ0) is 24.0. The molecule has 0 saturated heterocycles. The summed E-state index contributed by atoms with van der Waals surface area (Å²) in [5, 5.41) is 2.47. The van der Waals surface area contributed by atoms with Crippen molar-refractivity contribution in [3.8, 4) is 28.5 Å². The molecule has 0 radical (unpaired) electrons. The van der Waals surface area contributed by atoms with Gasteiger partial charge in [-0.25, -0.2) is 9.97 Å². The van der Waals surface area contributed by atoms with Gasteiger partial charge in [-0.15, -0.1) is 0 Å². The number of nitrogens with one attached hydrogen (secondary N) is 1. The van der Waals surface area contributed by atoms with Gasteiger partial charge in [-0.3, -0.25) is 4.79 Å². The van der Waals surface area contributed by atoms with Crippen LogP contribution in [0.1, 0.15) is 5.69 Å². The van der Waals surface area contributed by atoms with Crippen molar-refractivity contribution in [3.05, 3.63) is 54.2 Å². The van der Waals surface area contributed by atoms with Gasteiger partial charge in [0.25, 0.3) is 0 Å². The Morgan fingerprint density at radius 1 is 0.939 bits per heavy atom. The number of carbonyl (C=O) groups excluding carboxylic acids is 1. The number of ether oxygens (including phenoxy) is 3. The van der Waals surface area contributed by atoms with Gasteiger partial charge in [0.05, 0.1) is 38.5 Å². The number of hydrogen-bond acceptors (Lipinski definition) is 7. The molecule has 0 saturated carbocycles. The first kappa shape index (κ1) is 24.2. The normalized spacial score (nSPS) is 11.1. The van der Waals surface area contributed by atoms with E-state index in [0.29, 0.717) is 28.5 Å². The Morgan fingerprint density at radius 3 is 2.30 bits per heavy atom. The first-order valence-corrected chi connectivity index (χ1v) is 10.5. The van der Waals surface area contributed by atoms with E-state index >= 15 is 0 Å². The molecule has 3 aromatic rings. The van der Waals surface area contributed by atoms with E-state index in [-0.39, 0.29) is 16.6 Å². The van der Waals surface area contributed by atoms with Gasteiger partial charge in [0, 0.05) is 5.56 Å². The monoisotopic (exact) mass is 479 g/mol. The minimum Gasteiger partial charge on any atom is -0.495 e. The fourth-order valence-electron chi connectivity index (χ4n) is 2.84. The molecular formula is C22H20F3N3O4S. The second kappa shape index (κ2) is 10.4. The van der Waals surface area contributed by atoms with Gasteiger partial charge in [-0.1, -0.05) is 23.9 Å². The van der Waals surface area contributed by atoms with Crippen molar-refractivity contribution in [2.45, 2.75) is 11.3 Å². The smallest absolute Gasteiger partial charge is 0.433 e. The number of aromatic nitrogens is 2. The van der Waals surface area contributed by atoms with E-state index in [0.717, 1.165) is 17.8 Å². The standard InChI is InChI=1S/C22H20F3N3O4S/c1-30-16-7-5-4-6-14(16)26-20(29)12-33-21-27-15(11-19(28-21)22(23,24)25)13-8-9-17(31-2)18(10-13)32-3/h4-11H,12H2,1-3H3,(H,26,29). The number of anilines is 1. The van der Waals surface area contributed by atoms with Crippen LogP contribution in [0.3, 0.4) is 0 Å². The third-order valence-electron chi connectivity index (χ3n) is 4.39. The van der Waals surface area contributed by atoms with Crippen LogP contribution < -0.4 is 19.5 Å². The molecule has 33 heavy (non-hydrogen) atoms. The number of benzene rings is 2. The Labute approximate surface area is 192 Å². The van der Waals surface area contributed by atoms with Crippen molar-refractivity contribution in [2.24, 2.45) is 0 Å². The van der Waals surface area contributed by atoms with E-state index in [9.17, 15) is 18.0 Å². The Hall–Kier alpha value is -3.47. The Balaban J connectivity index is 1.85. The van der Waals surface area contributed by atoms with Gasteiger partial charge in [-0.2, -0.15) is 13.2 Å². The molecule has 7 nitrogen and oxygen atoms in total. The van der Waals surface area contributed by atoms with Crippen molar-refractivity contribution in [1.82, 2.24) is 9.97 Å². The lowest BCUT2D eigenvalue weighted by Crippen LogP contribution is -2.15. The highest BCUT2D eigenvalue weighted by Crippen LogP contribution is 2.35. The van der Waals surface area contributed by atoms with E-state index in [1.165, 1.54) is 27.4 Å². The molecule has 0 aliphatic rings. The third-order valence-corrected chi connectivity index (χ3v) is 5.24. The molecule has 0 atom stereocenters. The molecule has 0 unspecified atom stereocenters. The lowest BCUT2D eigenvalue weighted by molar-refractivity contribution is -0.141. The largest absolute Gasteiger partial charge is 0.495 e. The summed E-state index contributed by atoms with van der Waals surface area (Å²) in [6, 6.07) is 12.3. The maximum absolute atomic E-state index is 13.5. The van der Waals surface area contributed by atoms with Crippen LogP contribution in [-0.4, -0.2) is 43.0 Å². The van der Waals surface area contributed by atoms with E-state index in [1.807, 2.05) is 0 Å². The summed E-state index contributed by atoms with van der Waals surface area (Å²) < 4.78 is 55.9. The number of hydrogen-bond donors (Lipinski definition) is 1. The molecule has 2 aromatic carbocycles. The minimum absolute atomic E-state index is 0.0333. The molecule has 0 aliphatic heterocycles. The maximum Gasteiger partial charge on any atom is 0.433 e. The lowest BCUT2D eigenvalue weighted by Gasteiger charge is -2.13. The fraction of sp³-hybridized carbons (Fsp3) is 0.227. The molecule has 1 heterocycles. The number of nitrogens with zero attached hydrogens (tertiary/aromatic N) is 2. The number of thioether (sulfide) groups is 1. The predicted molar refractivity (Wildman–Crippen MR) is 118 cm³/mol. The molecule has 11 heteroatoms. The molecule has 0 aliphatic carbocycles. The van der Waals surface area contributed by atoms with E-state index in [1.54, 1.807) is 36.4 Å². The van der Waals surface area contributed by atoms with E-state index in [2.05, 4.69) is 15.3 Å². The highest BCUT2D eigenvalue weighted by molar-refractivity contribution is 7.99. The van der Waals surface area contributed by atoms with Crippen LogP contribution in [0.25, 0.3) is 11.3 Å². The highest BCUT2D eigenvalue weighted by atomic mass is 32.2. The topological polar surface area (TPSA) is 82.6 Å². The Kier molecular flexibility index (Phi) is 7.64. The van der Waals surface area contributed by atoms with Crippen molar-refractivity contribution < 1.29 is 32.2 Å². The zero-order valence-electron chi connectivity index (χ0n) is 17.9. The van der Waals surface area contributed by atoms with Crippen molar-refractivity contribution in [2.75, 3.05) is 32.4 Å². The van der Waals surface area contributed by atoms with E-state index < -0.39 is 17.8 Å². The summed E-state index contributed by atoms with van der Waals surface area (Å²) in [7, 11) is 4.34. The van der Waals surface area contributed by atoms with Crippen LogP contribution in [0.5, 0.6) is 17.2 Å². The summed E-state index contributed by atoms with van der Waals surface area (Å²) in [6.07, 6.45) is -4.69. The number of amides is 1. The van der Waals surface area contributed by atoms with Crippen molar-refractivity contribution >= 4 is 23.4 Å². The fourth-order valence-corrected chi connectivity index (χ4v) is 3.50. The average molecular weight is 479 g/mol. The first-order chi connectivity index (χ1) is 15.7. The quantitative estimate of drug-likeness (QED) is 0.363. The molecule has 3 rings (SSSR count). The number of carbonyl (C=O) groups is 1. The summed E-state index contributed by atoms with van der Waals surface area (Å²) >= 11 is 0.787. The van der Waals surface area contributed by atoms with Crippen LogP contribution in [-0.2, 0) is 11.0 Å². The Morgan fingerprint density at radius 2 is 1.64 bits per heavy atom. The van der Waals surface area contributed by atoms with E-state index in [4.69, 9.17) is 14.2 Å². The van der Waals surface area contributed by atoms with Crippen LogP contribution in [0.15, 0.2) is 53.7 Å². The molecule has 0 fully saturated rings. The molecule has 0 spiro atoms. The average Bonchev–Trinajstić information content (AvgIpc) is 2.81. The molecular weight excluding hydrogens is 459 g/mol. The van der Waals surface area contributed by atoms with Gasteiger partial charge in [-0.05, 0) is 36.4 Å². The number of alkyl halides is 3. The number of halogens is 3. The van der Waals surface area contributed by atoms with Crippen LogP contribution in [0.4, 0.5) is 18.9 Å². The zero-order valence-corrected chi connectivity index (χ0v) is 18.7. The second-order valence-electron chi connectivity index (χ2n) is 6.53. The highest BCUT2D eigenvalue weighted by Gasteiger charge is 2.34. The van der Waals surface area contributed by atoms with Gasteiger partial charge in [0.15, 0.2) is 16.7 Å². The van der Waals surface area contributed by atoms with Crippen LogP contribution >= 0.6 is 11.8 Å². The second-order valence-corrected chi connectivity index (χ2v) is 7.47. The third kappa shape index (κ3) is 6.07. The molecule has 1 aromatic heterocycles. The molecule has 1 N–H and O–H groups in total. The molecule has 174 valence electrons. The number of methoxy groups -OCH3 is 3. The minimum atomic E-state index is -4.69.